The molecule has 8 nitrogen and oxygen atoms in total. The maximum atomic E-state index is 13.7. The zero-order chi connectivity index (χ0) is 21.8. The van der Waals surface area contributed by atoms with Gasteiger partial charge >= 0.3 is 0 Å². The van der Waals surface area contributed by atoms with Gasteiger partial charge in [-0.3, -0.25) is 4.79 Å². The molecular formula is C23H25N7O. The molecule has 8 heteroatoms. The SMILES string of the molecule is Cc1ccc(-n2nccn2)c(C(=O)N2CCC[C@@H](C)[C@H]2CCc2ccc(C#N)nn2)c1. The van der Waals surface area contributed by atoms with Crippen LogP contribution < -0.4 is 0 Å². The first-order valence-corrected chi connectivity index (χ1v) is 10.6. The summed E-state index contributed by atoms with van der Waals surface area (Å²) in [6.07, 6.45) is 6.81. The molecule has 1 aliphatic rings. The Kier molecular flexibility index (Phi) is 6.03. The lowest BCUT2D eigenvalue weighted by molar-refractivity contribution is 0.0498. The van der Waals surface area contributed by atoms with E-state index >= 15 is 0 Å². The van der Waals surface area contributed by atoms with Crippen LogP contribution in [0.1, 0.15) is 53.5 Å². The molecule has 0 spiro atoms. The van der Waals surface area contributed by atoms with E-state index in [1.165, 1.54) is 4.80 Å². The molecule has 1 amide bonds. The van der Waals surface area contributed by atoms with E-state index in [-0.39, 0.29) is 11.9 Å². The average Bonchev–Trinajstić information content (AvgIpc) is 3.32. The molecule has 0 radical (unpaired) electrons. The number of likely N-dealkylation sites (tertiary alicyclic amines) is 1. The third kappa shape index (κ3) is 4.45. The molecule has 0 N–H and O–H groups in total. The number of benzene rings is 1. The minimum atomic E-state index is 0.0125. The number of aromatic nitrogens is 5. The van der Waals surface area contributed by atoms with E-state index < -0.39 is 0 Å². The Hall–Kier alpha value is -3.60. The van der Waals surface area contributed by atoms with Gasteiger partial charge in [0.2, 0.25) is 0 Å². The lowest BCUT2D eigenvalue weighted by atomic mass is 9.86. The maximum Gasteiger partial charge on any atom is 0.256 e. The summed E-state index contributed by atoms with van der Waals surface area (Å²) >= 11 is 0. The van der Waals surface area contributed by atoms with E-state index in [2.05, 4.69) is 27.3 Å². The number of carbonyl (C=O) groups is 1. The van der Waals surface area contributed by atoms with Crippen molar-refractivity contribution >= 4 is 5.91 Å². The number of rotatable bonds is 5. The quantitative estimate of drug-likeness (QED) is 0.635. The van der Waals surface area contributed by atoms with Gasteiger partial charge in [-0.25, -0.2) is 0 Å². The second-order valence-electron chi connectivity index (χ2n) is 8.08. The van der Waals surface area contributed by atoms with E-state index in [1.807, 2.05) is 42.2 Å². The number of nitrogens with zero attached hydrogens (tertiary/aromatic N) is 7. The summed E-state index contributed by atoms with van der Waals surface area (Å²) in [5.74, 6) is 0.401. The van der Waals surface area contributed by atoms with Crippen molar-refractivity contribution in [2.75, 3.05) is 6.54 Å². The second-order valence-corrected chi connectivity index (χ2v) is 8.08. The highest BCUT2D eigenvalue weighted by Gasteiger charge is 2.33. The van der Waals surface area contributed by atoms with E-state index in [4.69, 9.17) is 5.26 Å². The van der Waals surface area contributed by atoms with E-state index in [0.717, 1.165) is 37.1 Å². The van der Waals surface area contributed by atoms with Crippen LogP contribution in [0, 0.1) is 24.2 Å². The number of amides is 1. The van der Waals surface area contributed by atoms with Crippen LogP contribution in [0.5, 0.6) is 0 Å². The monoisotopic (exact) mass is 415 g/mol. The van der Waals surface area contributed by atoms with Gasteiger partial charge in [-0.1, -0.05) is 18.6 Å². The summed E-state index contributed by atoms with van der Waals surface area (Å²) in [4.78, 5) is 17.2. The Morgan fingerprint density at radius 2 is 2.00 bits per heavy atom. The first-order valence-electron chi connectivity index (χ1n) is 10.6. The largest absolute Gasteiger partial charge is 0.335 e. The number of hydrogen-bond donors (Lipinski definition) is 0. The van der Waals surface area contributed by atoms with Crippen LogP contribution in [0.2, 0.25) is 0 Å². The molecule has 1 fully saturated rings. The molecule has 0 unspecified atom stereocenters. The highest BCUT2D eigenvalue weighted by Crippen LogP contribution is 2.29. The molecule has 2 atom stereocenters. The summed E-state index contributed by atoms with van der Waals surface area (Å²) in [6, 6.07) is 11.4. The zero-order valence-corrected chi connectivity index (χ0v) is 17.8. The van der Waals surface area contributed by atoms with Crippen molar-refractivity contribution in [3.05, 3.63) is 65.2 Å². The lowest BCUT2D eigenvalue weighted by Gasteiger charge is -2.40. The van der Waals surface area contributed by atoms with E-state index in [0.29, 0.717) is 29.3 Å². The van der Waals surface area contributed by atoms with Crippen molar-refractivity contribution in [2.24, 2.45) is 5.92 Å². The van der Waals surface area contributed by atoms with Crippen LogP contribution in [-0.4, -0.2) is 48.6 Å². The summed E-state index contributed by atoms with van der Waals surface area (Å²) < 4.78 is 0. The molecule has 31 heavy (non-hydrogen) atoms. The van der Waals surface area contributed by atoms with Gasteiger partial charge in [-0.05, 0) is 62.8 Å². The van der Waals surface area contributed by atoms with Crippen LogP contribution in [-0.2, 0) is 6.42 Å². The molecule has 3 aromatic rings. The number of carbonyl (C=O) groups excluding carboxylic acids is 1. The van der Waals surface area contributed by atoms with E-state index in [9.17, 15) is 4.79 Å². The molecular weight excluding hydrogens is 390 g/mol. The normalized spacial score (nSPS) is 18.5. The van der Waals surface area contributed by atoms with Gasteiger partial charge in [-0.15, -0.1) is 5.10 Å². The van der Waals surface area contributed by atoms with Crippen molar-refractivity contribution in [3.8, 4) is 11.8 Å². The van der Waals surface area contributed by atoms with Crippen LogP contribution in [0.4, 0.5) is 0 Å². The topological polar surface area (TPSA) is 101 Å². The summed E-state index contributed by atoms with van der Waals surface area (Å²) in [7, 11) is 0. The van der Waals surface area contributed by atoms with Crippen molar-refractivity contribution in [2.45, 2.75) is 45.6 Å². The maximum absolute atomic E-state index is 13.7. The fourth-order valence-electron chi connectivity index (χ4n) is 4.28. The summed E-state index contributed by atoms with van der Waals surface area (Å²) in [5, 5.41) is 25.4. The first-order chi connectivity index (χ1) is 15.1. The minimum Gasteiger partial charge on any atom is -0.335 e. The van der Waals surface area contributed by atoms with Crippen LogP contribution >= 0.6 is 0 Å². The van der Waals surface area contributed by atoms with E-state index in [1.54, 1.807) is 18.5 Å². The van der Waals surface area contributed by atoms with Gasteiger partial charge in [0.15, 0.2) is 5.69 Å². The first kappa shape index (κ1) is 20.7. The van der Waals surface area contributed by atoms with Gasteiger partial charge < -0.3 is 4.90 Å². The molecule has 1 aromatic carbocycles. The highest BCUT2D eigenvalue weighted by molar-refractivity contribution is 5.98. The Balaban J connectivity index is 1.58. The second kappa shape index (κ2) is 9.04. The summed E-state index contributed by atoms with van der Waals surface area (Å²) in [6.45, 7) is 4.92. The minimum absolute atomic E-state index is 0.0125. The molecule has 1 saturated heterocycles. The number of nitriles is 1. The molecule has 0 bridgehead atoms. The predicted molar refractivity (Wildman–Crippen MR) is 114 cm³/mol. The van der Waals surface area contributed by atoms with Gasteiger partial charge in [0, 0.05) is 12.6 Å². The standard InChI is InChI=1S/C23H25N7O/c1-16-5-9-22(30-25-11-12-26-30)20(14-16)23(31)29-13-3-4-17(2)21(29)10-8-18-6-7-19(15-24)28-27-18/h5-7,9,11-12,14,17,21H,3-4,8,10,13H2,1-2H3/t17-,21-/m1/s1. The van der Waals surface area contributed by atoms with Gasteiger partial charge in [0.25, 0.3) is 5.91 Å². The van der Waals surface area contributed by atoms with Crippen LogP contribution in [0.15, 0.2) is 42.7 Å². The smallest absolute Gasteiger partial charge is 0.256 e. The third-order valence-electron chi connectivity index (χ3n) is 5.92. The molecule has 2 aromatic heterocycles. The third-order valence-corrected chi connectivity index (χ3v) is 5.92. The average molecular weight is 416 g/mol. The summed E-state index contributed by atoms with van der Waals surface area (Å²) in [5.41, 5.74) is 3.48. The highest BCUT2D eigenvalue weighted by atomic mass is 16.2. The molecule has 3 heterocycles. The number of aryl methyl sites for hydroxylation is 2. The Morgan fingerprint density at radius 3 is 2.71 bits per heavy atom. The molecule has 0 aliphatic carbocycles. The number of piperidine rings is 1. The predicted octanol–water partition coefficient (Wildman–Crippen LogP) is 3.11. The Labute approximate surface area is 181 Å². The fourth-order valence-corrected chi connectivity index (χ4v) is 4.28. The van der Waals surface area contributed by atoms with Gasteiger partial charge in [-0.2, -0.15) is 25.4 Å². The van der Waals surface area contributed by atoms with Crippen LogP contribution in [0.3, 0.4) is 0 Å². The lowest BCUT2D eigenvalue weighted by Crippen LogP contribution is -2.48. The Morgan fingerprint density at radius 1 is 1.19 bits per heavy atom. The van der Waals surface area contributed by atoms with Crippen molar-refractivity contribution in [1.82, 2.24) is 30.1 Å². The van der Waals surface area contributed by atoms with Crippen molar-refractivity contribution < 1.29 is 4.79 Å². The fraction of sp³-hybridized carbons (Fsp3) is 0.391. The molecule has 4 rings (SSSR count). The zero-order valence-electron chi connectivity index (χ0n) is 17.8. The molecule has 0 saturated carbocycles. The van der Waals surface area contributed by atoms with Gasteiger partial charge in [0.05, 0.1) is 29.3 Å². The number of hydrogen-bond acceptors (Lipinski definition) is 6. The van der Waals surface area contributed by atoms with Crippen LogP contribution in [0.25, 0.3) is 5.69 Å². The van der Waals surface area contributed by atoms with Crippen molar-refractivity contribution in [3.63, 3.8) is 0 Å². The molecule has 1 aliphatic heterocycles. The van der Waals surface area contributed by atoms with Crippen molar-refractivity contribution in [1.29, 1.82) is 5.26 Å². The van der Waals surface area contributed by atoms with Gasteiger partial charge in [0.1, 0.15) is 6.07 Å². The molecule has 158 valence electrons. The Bertz CT molecular complexity index is 1090.